The van der Waals surface area contributed by atoms with Gasteiger partial charge in [0.25, 0.3) is 0 Å². The first-order chi connectivity index (χ1) is 8.15. The third kappa shape index (κ3) is 3.14. The number of hydrogen-bond acceptors (Lipinski definition) is 2. The van der Waals surface area contributed by atoms with Crippen LogP contribution in [0.4, 0.5) is 0 Å². The highest BCUT2D eigenvalue weighted by Gasteiger charge is 2.00. The van der Waals surface area contributed by atoms with Crippen LogP contribution in [0.3, 0.4) is 0 Å². The molecular weight excluding hydrogens is 228 g/mol. The summed E-state index contributed by atoms with van der Waals surface area (Å²) in [7, 11) is 0. The lowest BCUT2D eigenvalue weighted by Crippen LogP contribution is -1.93. The van der Waals surface area contributed by atoms with E-state index in [1.165, 1.54) is 10.4 Å². The molecule has 0 aliphatic rings. The van der Waals surface area contributed by atoms with Gasteiger partial charge in [0.1, 0.15) is 0 Å². The summed E-state index contributed by atoms with van der Waals surface area (Å²) >= 11 is 1.69. The minimum absolute atomic E-state index is 0.0519. The number of allylic oxidation sites excluding steroid dienone is 1. The molecule has 0 unspecified atom stereocenters. The van der Waals surface area contributed by atoms with Gasteiger partial charge in [-0.3, -0.25) is 4.79 Å². The van der Waals surface area contributed by atoms with Gasteiger partial charge in [-0.1, -0.05) is 29.8 Å². The summed E-state index contributed by atoms with van der Waals surface area (Å²) in [5.41, 5.74) is 1.90. The second-order valence-electron chi connectivity index (χ2n) is 4.01. The summed E-state index contributed by atoms with van der Waals surface area (Å²) in [6.45, 7) is 4.07. The van der Waals surface area contributed by atoms with Crippen LogP contribution in [-0.2, 0) is 0 Å². The van der Waals surface area contributed by atoms with E-state index in [0.29, 0.717) is 0 Å². The van der Waals surface area contributed by atoms with Crippen LogP contribution >= 0.6 is 11.3 Å². The Kier molecular flexibility index (Phi) is 3.55. The lowest BCUT2D eigenvalue weighted by atomic mass is 10.1. The van der Waals surface area contributed by atoms with Crippen molar-refractivity contribution >= 4 is 23.2 Å². The van der Waals surface area contributed by atoms with E-state index in [-0.39, 0.29) is 5.78 Å². The van der Waals surface area contributed by atoms with Crippen LogP contribution < -0.4 is 0 Å². The summed E-state index contributed by atoms with van der Waals surface area (Å²) in [5.74, 6) is 0.0519. The second-order valence-corrected chi connectivity index (χ2v) is 5.33. The summed E-state index contributed by atoms with van der Waals surface area (Å²) in [4.78, 5) is 14.2. The van der Waals surface area contributed by atoms with Gasteiger partial charge in [0.2, 0.25) is 0 Å². The monoisotopic (exact) mass is 242 g/mol. The van der Waals surface area contributed by atoms with Crippen molar-refractivity contribution in [1.29, 1.82) is 0 Å². The molecule has 0 spiro atoms. The maximum absolute atomic E-state index is 11.9. The molecule has 0 aliphatic heterocycles. The van der Waals surface area contributed by atoms with Crippen LogP contribution in [0.2, 0.25) is 0 Å². The number of thiophene rings is 1. The molecule has 2 heteroatoms. The third-order valence-corrected chi connectivity index (χ3v) is 3.46. The Hall–Kier alpha value is -1.67. The van der Waals surface area contributed by atoms with E-state index in [2.05, 4.69) is 13.0 Å². The van der Waals surface area contributed by atoms with E-state index in [9.17, 15) is 4.79 Å². The van der Waals surface area contributed by atoms with Gasteiger partial charge in [-0.25, -0.2) is 0 Å². The number of rotatable bonds is 3. The lowest BCUT2D eigenvalue weighted by molar-refractivity contribution is 0.104. The van der Waals surface area contributed by atoms with Gasteiger partial charge in [-0.2, -0.15) is 0 Å². The van der Waals surface area contributed by atoms with Gasteiger partial charge in [0.15, 0.2) is 5.78 Å². The van der Waals surface area contributed by atoms with Crippen molar-refractivity contribution in [3.8, 4) is 0 Å². The molecule has 1 aromatic carbocycles. The molecule has 0 amide bonds. The summed E-state index contributed by atoms with van der Waals surface area (Å²) in [6.07, 6.45) is 3.51. The molecule has 2 rings (SSSR count). The van der Waals surface area contributed by atoms with Crippen molar-refractivity contribution in [1.82, 2.24) is 0 Å². The highest BCUT2D eigenvalue weighted by atomic mass is 32.1. The van der Waals surface area contributed by atoms with E-state index in [1.54, 1.807) is 17.4 Å². The molecule has 1 heterocycles. The molecular formula is C15H14OS. The zero-order chi connectivity index (χ0) is 12.3. The number of ketones is 1. The average molecular weight is 242 g/mol. The molecule has 86 valence electrons. The van der Waals surface area contributed by atoms with E-state index in [4.69, 9.17) is 0 Å². The maximum Gasteiger partial charge on any atom is 0.185 e. The predicted molar refractivity (Wildman–Crippen MR) is 73.6 cm³/mol. The standard InChI is InChI=1S/C15H14OS/c1-11-3-6-13(7-4-11)15(16)10-9-14-8-5-12(2)17-14/h3-10H,1-2H3/b10-9+. The van der Waals surface area contributed by atoms with Gasteiger partial charge in [-0.05, 0) is 38.1 Å². The quantitative estimate of drug-likeness (QED) is 0.580. The highest BCUT2D eigenvalue weighted by molar-refractivity contribution is 7.12. The lowest BCUT2D eigenvalue weighted by Gasteiger charge is -1.96. The Balaban J connectivity index is 2.11. The van der Waals surface area contributed by atoms with Gasteiger partial charge in [0.05, 0.1) is 0 Å². The Morgan fingerprint density at radius 3 is 2.35 bits per heavy atom. The smallest absolute Gasteiger partial charge is 0.185 e. The van der Waals surface area contributed by atoms with E-state index < -0.39 is 0 Å². The molecule has 2 aromatic rings. The predicted octanol–water partition coefficient (Wildman–Crippen LogP) is 4.26. The van der Waals surface area contributed by atoms with Crippen molar-refractivity contribution in [2.75, 3.05) is 0 Å². The number of carbonyl (C=O) groups is 1. The summed E-state index contributed by atoms with van der Waals surface area (Å²) in [5, 5.41) is 0. The number of aryl methyl sites for hydroxylation is 2. The normalized spacial score (nSPS) is 10.9. The molecule has 0 N–H and O–H groups in total. The minimum Gasteiger partial charge on any atom is -0.289 e. The number of carbonyl (C=O) groups excluding carboxylic acids is 1. The SMILES string of the molecule is Cc1ccc(C(=O)/C=C/c2ccc(C)s2)cc1. The van der Waals surface area contributed by atoms with Crippen LogP contribution in [0.5, 0.6) is 0 Å². The van der Waals surface area contributed by atoms with Gasteiger partial charge >= 0.3 is 0 Å². The van der Waals surface area contributed by atoms with Gasteiger partial charge < -0.3 is 0 Å². The van der Waals surface area contributed by atoms with Crippen LogP contribution in [0.15, 0.2) is 42.5 Å². The molecule has 0 saturated carbocycles. The fraction of sp³-hybridized carbons (Fsp3) is 0.133. The molecule has 0 aliphatic carbocycles. The van der Waals surface area contributed by atoms with Crippen molar-refractivity contribution in [2.45, 2.75) is 13.8 Å². The molecule has 0 fully saturated rings. The van der Waals surface area contributed by atoms with Crippen LogP contribution in [0, 0.1) is 13.8 Å². The molecule has 0 bridgehead atoms. The fourth-order valence-electron chi connectivity index (χ4n) is 1.51. The van der Waals surface area contributed by atoms with E-state index in [0.717, 1.165) is 10.4 Å². The third-order valence-electron chi connectivity index (χ3n) is 2.50. The summed E-state index contributed by atoms with van der Waals surface area (Å²) < 4.78 is 0. The Labute approximate surface area is 105 Å². The Morgan fingerprint density at radius 1 is 1.06 bits per heavy atom. The first-order valence-electron chi connectivity index (χ1n) is 5.51. The Morgan fingerprint density at radius 2 is 1.76 bits per heavy atom. The first kappa shape index (κ1) is 11.8. The molecule has 0 atom stereocenters. The van der Waals surface area contributed by atoms with Crippen molar-refractivity contribution < 1.29 is 4.79 Å². The van der Waals surface area contributed by atoms with Gasteiger partial charge in [0, 0.05) is 15.3 Å². The molecule has 1 nitrogen and oxygen atoms in total. The topological polar surface area (TPSA) is 17.1 Å². The summed E-state index contributed by atoms with van der Waals surface area (Å²) in [6, 6.07) is 11.7. The first-order valence-corrected chi connectivity index (χ1v) is 6.32. The Bertz CT molecular complexity index is 547. The number of benzene rings is 1. The van der Waals surface area contributed by atoms with Crippen molar-refractivity contribution in [3.63, 3.8) is 0 Å². The zero-order valence-electron chi connectivity index (χ0n) is 9.94. The fourth-order valence-corrected chi connectivity index (χ4v) is 2.29. The zero-order valence-corrected chi connectivity index (χ0v) is 10.8. The molecule has 0 radical (unpaired) electrons. The second kappa shape index (κ2) is 5.11. The van der Waals surface area contributed by atoms with Crippen LogP contribution in [0.1, 0.15) is 25.7 Å². The molecule has 1 aromatic heterocycles. The average Bonchev–Trinajstić information content (AvgIpc) is 2.73. The highest BCUT2D eigenvalue weighted by Crippen LogP contribution is 2.16. The minimum atomic E-state index is 0.0519. The molecule has 0 saturated heterocycles. The maximum atomic E-state index is 11.9. The van der Waals surface area contributed by atoms with Crippen molar-refractivity contribution in [3.05, 3.63) is 63.4 Å². The van der Waals surface area contributed by atoms with Gasteiger partial charge in [-0.15, -0.1) is 11.3 Å². The van der Waals surface area contributed by atoms with E-state index in [1.807, 2.05) is 43.3 Å². The largest absolute Gasteiger partial charge is 0.289 e. The van der Waals surface area contributed by atoms with Crippen LogP contribution in [0.25, 0.3) is 6.08 Å². The number of hydrogen-bond donors (Lipinski definition) is 0. The van der Waals surface area contributed by atoms with E-state index >= 15 is 0 Å². The van der Waals surface area contributed by atoms with Crippen molar-refractivity contribution in [2.24, 2.45) is 0 Å². The van der Waals surface area contributed by atoms with Crippen LogP contribution in [-0.4, -0.2) is 5.78 Å². The molecule has 17 heavy (non-hydrogen) atoms.